The Morgan fingerprint density at radius 3 is 1.46 bits per heavy atom. The van der Waals surface area contributed by atoms with E-state index in [9.17, 15) is 0 Å². The Kier molecular flexibility index (Phi) is 19.2. The molecule has 0 N–H and O–H groups in total. The third-order valence-electron chi connectivity index (χ3n) is 1.98. The van der Waals surface area contributed by atoms with Gasteiger partial charge in [-0.25, -0.2) is 0 Å². The third-order valence-corrected chi connectivity index (χ3v) is 4.80. The standard InChI is InChI=1S/C8H12As.3ClH.Zr/c1-5-6(2)8(4)9-7(5)3;;;;/h1-4H3;3*1H;/q-1;;;;+4/p-3. The van der Waals surface area contributed by atoms with Gasteiger partial charge in [-0.3, -0.25) is 0 Å². The zero-order valence-corrected chi connectivity index (χ0v) is 14.7. The summed E-state index contributed by atoms with van der Waals surface area (Å²) in [5, 5.41) is 0. The van der Waals surface area contributed by atoms with Gasteiger partial charge in [-0.05, 0) is 0 Å². The minimum Gasteiger partial charge on any atom is -1.00 e. The van der Waals surface area contributed by atoms with Gasteiger partial charge in [0.15, 0.2) is 0 Å². The first-order valence-electron chi connectivity index (χ1n) is 3.20. The fourth-order valence-corrected chi connectivity index (χ4v) is 3.42. The first-order valence-corrected chi connectivity index (χ1v) is 5.07. The van der Waals surface area contributed by atoms with Crippen molar-refractivity contribution in [3.8, 4) is 0 Å². The van der Waals surface area contributed by atoms with Crippen LogP contribution in [0.3, 0.4) is 0 Å². The van der Waals surface area contributed by atoms with E-state index in [0.29, 0.717) is 15.3 Å². The monoisotopic (exact) mass is 378 g/mol. The molecule has 0 saturated carbocycles. The van der Waals surface area contributed by atoms with Gasteiger partial charge < -0.3 is 37.2 Å². The van der Waals surface area contributed by atoms with Crippen molar-refractivity contribution in [2.75, 3.05) is 0 Å². The Hall–Kier alpha value is 1.79. The van der Waals surface area contributed by atoms with Crippen molar-refractivity contribution in [1.29, 1.82) is 0 Å². The van der Waals surface area contributed by atoms with Crippen LogP contribution in [-0.4, -0.2) is 19.6 Å². The van der Waals surface area contributed by atoms with Crippen molar-refractivity contribution >= 4 is 19.6 Å². The molecule has 0 aromatic heterocycles. The number of halogens is 3. The van der Waals surface area contributed by atoms with E-state index in [1.807, 2.05) is 0 Å². The summed E-state index contributed by atoms with van der Waals surface area (Å²) >= 11 is 0.430. The molecule has 0 amide bonds. The summed E-state index contributed by atoms with van der Waals surface area (Å²) in [6.45, 7) is 8.98. The van der Waals surface area contributed by atoms with Gasteiger partial charge in [0.1, 0.15) is 0 Å². The molecule has 0 aromatic carbocycles. The molecule has 1 aliphatic heterocycles. The predicted molar refractivity (Wildman–Crippen MR) is 43.7 cm³/mol. The van der Waals surface area contributed by atoms with Crippen LogP contribution >= 0.6 is 0 Å². The predicted octanol–water partition coefficient (Wildman–Crippen LogP) is -7.21. The van der Waals surface area contributed by atoms with E-state index in [4.69, 9.17) is 0 Å². The van der Waals surface area contributed by atoms with Gasteiger partial charge in [-0.2, -0.15) is 0 Å². The van der Waals surface area contributed by atoms with Crippen LogP contribution in [0.15, 0.2) is 11.1 Å². The molecule has 1 heterocycles. The van der Waals surface area contributed by atoms with E-state index in [1.54, 1.807) is 20.2 Å². The summed E-state index contributed by atoms with van der Waals surface area (Å²) in [6.07, 6.45) is 0. The van der Waals surface area contributed by atoms with Crippen LogP contribution in [0.1, 0.15) is 27.7 Å². The van der Waals surface area contributed by atoms with Gasteiger partial charge in [-0.1, -0.05) is 0 Å². The maximum Gasteiger partial charge on any atom is 4.00 e. The molecule has 0 aliphatic carbocycles. The second-order valence-corrected chi connectivity index (χ2v) is 5.82. The summed E-state index contributed by atoms with van der Waals surface area (Å²) in [7, 11) is 0. The Morgan fingerprint density at radius 1 is 1.00 bits per heavy atom. The van der Waals surface area contributed by atoms with Crippen LogP contribution in [0.2, 0.25) is 0 Å². The molecule has 0 fully saturated rings. The van der Waals surface area contributed by atoms with Gasteiger partial charge >= 0.3 is 89.4 Å². The van der Waals surface area contributed by atoms with E-state index >= 15 is 0 Å². The molecule has 0 saturated heterocycles. The molecule has 1 rings (SSSR count). The molecule has 0 atom stereocenters. The van der Waals surface area contributed by atoms with Crippen LogP contribution < -0.4 is 37.2 Å². The third kappa shape index (κ3) is 6.06. The summed E-state index contributed by atoms with van der Waals surface area (Å²) in [5.74, 6) is 0. The largest absolute Gasteiger partial charge is 4.00 e. The van der Waals surface area contributed by atoms with E-state index in [1.165, 1.54) is 0 Å². The zero-order chi connectivity index (χ0) is 7.02. The average molecular weight is 381 g/mol. The molecule has 0 nitrogen and oxygen atoms in total. The Balaban J connectivity index is -0.000000101. The second-order valence-electron chi connectivity index (χ2n) is 2.53. The Labute approximate surface area is 125 Å². The first kappa shape index (κ1) is 24.2. The molecule has 0 unspecified atom stereocenters. The number of allylic oxidation sites excluding steroid dienone is 2. The van der Waals surface area contributed by atoms with Crippen molar-refractivity contribution in [3.63, 3.8) is 0 Å². The van der Waals surface area contributed by atoms with E-state index < -0.39 is 0 Å². The molecule has 5 heteroatoms. The Morgan fingerprint density at radius 2 is 1.38 bits per heavy atom. The van der Waals surface area contributed by atoms with Crippen molar-refractivity contribution in [2.24, 2.45) is 0 Å². The van der Waals surface area contributed by atoms with Crippen LogP contribution in [0, 0.1) is 4.71 Å². The zero-order valence-electron chi connectivity index (χ0n) is 8.08. The number of rotatable bonds is 0. The van der Waals surface area contributed by atoms with E-state index in [-0.39, 0.29) is 63.4 Å². The van der Waals surface area contributed by atoms with Crippen LogP contribution in [0.5, 0.6) is 0 Å². The van der Waals surface area contributed by atoms with Gasteiger partial charge in [0.2, 0.25) is 0 Å². The second kappa shape index (κ2) is 10.3. The molecule has 0 spiro atoms. The number of hydrogen-bond acceptors (Lipinski definition) is 0. The maximum absolute atomic E-state index is 2.26. The molecular formula is C8H12AsCl3Zr. The quantitative estimate of drug-likeness (QED) is 0.289. The van der Waals surface area contributed by atoms with Gasteiger partial charge in [0.05, 0.1) is 0 Å². The van der Waals surface area contributed by atoms with Crippen LogP contribution in [0.4, 0.5) is 0 Å². The summed E-state index contributed by atoms with van der Waals surface area (Å²) in [4.78, 5) is 0. The summed E-state index contributed by atoms with van der Waals surface area (Å²) < 4.78 is 3.28. The Bertz CT molecular complexity index is 202. The van der Waals surface area contributed by atoms with Gasteiger partial charge in [-0.15, -0.1) is 0 Å². The topological polar surface area (TPSA) is 0 Å². The van der Waals surface area contributed by atoms with Crippen molar-refractivity contribution in [2.45, 2.75) is 27.7 Å². The number of hydrogen-bond donors (Lipinski definition) is 0. The van der Waals surface area contributed by atoms with Crippen molar-refractivity contribution < 1.29 is 63.4 Å². The van der Waals surface area contributed by atoms with E-state index in [0.717, 1.165) is 0 Å². The fraction of sp³-hybridized carbons (Fsp3) is 0.500. The SMILES string of the molecule is CC1=[As][C-](C)C(C)=C1C.[Cl-].[Cl-].[Cl-].[Zr+4]. The molecule has 0 aromatic rings. The van der Waals surface area contributed by atoms with Gasteiger partial charge in [0, 0.05) is 0 Å². The minimum absolute atomic E-state index is 0. The minimum atomic E-state index is 0. The molecule has 13 heavy (non-hydrogen) atoms. The summed E-state index contributed by atoms with van der Waals surface area (Å²) in [6, 6.07) is 0. The average Bonchev–Trinajstić information content (AvgIpc) is 1.98. The molecule has 0 bridgehead atoms. The molecule has 1 aliphatic rings. The summed E-state index contributed by atoms with van der Waals surface area (Å²) in [5.41, 5.74) is 3.10. The van der Waals surface area contributed by atoms with Gasteiger partial charge in [0.25, 0.3) is 0 Å². The smallest absolute Gasteiger partial charge is 1.00 e. The molecular weight excluding hydrogens is 369 g/mol. The fourth-order valence-electron chi connectivity index (χ4n) is 0.962. The normalized spacial score (nSPS) is 14.5. The van der Waals surface area contributed by atoms with E-state index in [2.05, 4.69) is 27.7 Å². The van der Waals surface area contributed by atoms with Crippen molar-refractivity contribution in [1.82, 2.24) is 0 Å². The first-order chi connectivity index (χ1) is 4.13. The van der Waals surface area contributed by atoms with Crippen LogP contribution in [-0.2, 0) is 26.2 Å². The molecule has 0 radical (unpaired) electrons. The van der Waals surface area contributed by atoms with Crippen LogP contribution in [0.25, 0.3) is 0 Å². The van der Waals surface area contributed by atoms with Crippen molar-refractivity contribution in [3.05, 3.63) is 15.9 Å². The molecule has 74 valence electrons. The maximum atomic E-state index is 2.26.